The highest BCUT2D eigenvalue weighted by atomic mass is 31.2. The first-order valence-electron chi connectivity index (χ1n) is 4.37. The molecule has 1 unspecified atom stereocenters. The average molecular weight is 225 g/mol. The quantitative estimate of drug-likeness (QED) is 0.361. The predicted octanol–water partition coefficient (Wildman–Crippen LogP) is 0.136. The molecular formula is C7H16NO5P. The van der Waals surface area contributed by atoms with Crippen LogP contribution in [0, 0.1) is 0 Å². The van der Waals surface area contributed by atoms with Gasteiger partial charge in [0, 0.05) is 0 Å². The summed E-state index contributed by atoms with van der Waals surface area (Å²) in [5, 5.41) is 8.55. The summed E-state index contributed by atoms with van der Waals surface area (Å²) < 4.78 is 10.7. The molecule has 7 heteroatoms. The second-order valence-corrected chi connectivity index (χ2v) is 4.88. The van der Waals surface area contributed by atoms with Crippen LogP contribution >= 0.6 is 7.60 Å². The molecule has 0 aromatic heterocycles. The normalized spacial score (nSPS) is 13.9. The van der Waals surface area contributed by atoms with Crippen LogP contribution in [-0.2, 0) is 9.36 Å². The number of carboxylic acid groups (broad SMARTS) is 1. The first-order chi connectivity index (χ1) is 6.39. The van der Waals surface area contributed by atoms with Crippen LogP contribution in [-0.4, -0.2) is 33.1 Å². The van der Waals surface area contributed by atoms with Gasteiger partial charge in [-0.05, 0) is 19.4 Å². The second kappa shape index (κ2) is 6.14. The molecule has 5 N–H and O–H groups in total. The molecule has 84 valence electrons. The van der Waals surface area contributed by atoms with Crippen LogP contribution in [0.4, 0.5) is 0 Å². The monoisotopic (exact) mass is 225 g/mol. The van der Waals surface area contributed by atoms with E-state index in [4.69, 9.17) is 20.6 Å². The van der Waals surface area contributed by atoms with Crippen LogP contribution in [0.25, 0.3) is 0 Å². The first kappa shape index (κ1) is 13.6. The fourth-order valence-electron chi connectivity index (χ4n) is 1.09. The summed E-state index contributed by atoms with van der Waals surface area (Å²) in [6.45, 7) is 0.508. The van der Waals surface area contributed by atoms with Gasteiger partial charge in [0.15, 0.2) is 5.66 Å². The van der Waals surface area contributed by atoms with Crippen molar-refractivity contribution < 1.29 is 24.3 Å². The lowest BCUT2D eigenvalue weighted by molar-refractivity contribution is -0.137. The molecule has 0 aliphatic rings. The molecule has 0 aliphatic heterocycles. The number of carbonyl (C=O) groups is 1. The summed E-state index contributed by atoms with van der Waals surface area (Å²) in [4.78, 5) is 27.9. The molecule has 0 fully saturated rings. The van der Waals surface area contributed by atoms with E-state index < -0.39 is 19.2 Å². The highest BCUT2D eigenvalue weighted by Gasteiger charge is 2.34. The number of hydrogen-bond donors (Lipinski definition) is 4. The number of nitrogens with two attached hydrogens (primary N) is 1. The molecule has 0 spiro atoms. The molecule has 0 bridgehead atoms. The van der Waals surface area contributed by atoms with Gasteiger partial charge < -0.3 is 20.6 Å². The van der Waals surface area contributed by atoms with Gasteiger partial charge in [-0.3, -0.25) is 9.36 Å². The zero-order valence-electron chi connectivity index (χ0n) is 7.80. The Morgan fingerprint density at radius 3 is 2.21 bits per heavy atom. The zero-order chi connectivity index (χ0) is 11.2. The Balaban J connectivity index is 4.01. The fraction of sp³-hybridized carbons (Fsp3) is 0.857. The molecule has 0 saturated carbocycles. The van der Waals surface area contributed by atoms with E-state index in [0.29, 0.717) is 19.4 Å². The van der Waals surface area contributed by atoms with Crippen molar-refractivity contribution in [3.8, 4) is 0 Å². The molecule has 0 heterocycles. The Labute approximate surface area is 82.3 Å². The van der Waals surface area contributed by atoms with E-state index in [9.17, 15) is 9.36 Å². The first-order valence-corrected chi connectivity index (χ1v) is 6.06. The van der Waals surface area contributed by atoms with Crippen molar-refractivity contribution in [3.05, 3.63) is 0 Å². The SMILES string of the molecule is NCCCCCC(C(=O)O)P(=O)(O)O. The van der Waals surface area contributed by atoms with E-state index in [1.54, 1.807) is 0 Å². The van der Waals surface area contributed by atoms with E-state index in [1.165, 1.54) is 0 Å². The van der Waals surface area contributed by atoms with Crippen LogP contribution in [0.5, 0.6) is 0 Å². The number of rotatable bonds is 7. The maximum atomic E-state index is 10.7. The summed E-state index contributed by atoms with van der Waals surface area (Å²) in [7, 11) is -4.51. The second-order valence-electron chi connectivity index (χ2n) is 3.08. The largest absolute Gasteiger partial charge is 0.481 e. The van der Waals surface area contributed by atoms with Crippen molar-refractivity contribution in [2.45, 2.75) is 31.3 Å². The fourth-order valence-corrected chi connectivity index (χ4v) is 1.90. The maximum absolute atomic E-state index is 10.7. The molecule has 0 rings (SSSR count). The summed E-state index contributed by atoms with van der Waals surface area (Å²) in [5.74, 6) is -1.44. The van der Waals surface area contributed by atoms with Crippen LogP contribution in [0.15, 0.2) is 0 Å². The lowest BCUT2D eigenvalue weighted by Crippen LogP contribution is -2.20. The minimum atomic E-state index is -4.51. The minimum absolute atomic E-state index is 0.000386. The van der Waals surface area contributed by atoms with E-state index in [0.717, 1.165) is 6.42 Å². The molecule has 6 nitrogen and oxygen atoms in total. The Morgan fingerprint density at radius 2 is 1.86 bits per heavy atom. The Hall–Kier alpha value is -0.420. The third-order valence-electron chi connectivity index (χ3n) is 1.87. The van der Waals surface area contributed by atoms with Gasteiger partial charge in [-0.25, -0.2) is 0 Å². The van der Waals surface area contributed by atoms with Crippen molar-refractivity contribution in [1.82, 2.24) is 0 Å². The molecule has 14 heavy (non-hydrogen) atoms. The van der Waals surface area contributed by atoms with E-state index >= 15 is 0 Å². The van der Waals surface area contributed by atoms with Crippen LogP contribution in [0.3, 0.4) is 0 Å². The molecule has 1 atom stereocenters. The topological polar surface area (TPSA) is 121 Å². The minimum Gasteiger partial charge on any atom is -0.481 e. The van der Waals surface area contributed by atoms with Crippen molar-refractivity contribution in [1.29, 1.82) is 0 Å². The van der Waals surface area contributed by atoms with Crippen LogP contribution in [0.1, 0.15) is 25.7 Å². The third kappa shape index (κ3) is 5.34. The molecular weight excluding hydrogens is 209 g/mol. The van der Waals surface area contributed by atoms with Crippen molar-refractivity contribution in [2.24, 2.45) is 5.73 Å². The van der Waals surface area contributed by atoms with Gasteiger partial charge in [-0.1, -0.05) is 12.8 Å². The maximum Gasteiger partial charge on any atom is 0.339 e. The van der Waals surface area contributed by atoms with Gasteiger partial charge in [-0.2, -0.15) is 0 Å². The standard InChI is InChI=1S/C7H16NO5P/c8-5-3-1-2-4-6(7(9)10)14(11,12)13/h6H,1-5,8H2,(H,9,10)(H2,11,12,13). The van der Waals surface area contributed by atoms with E-state index in [2.05, 4.69) is 0 Å². The summed E-state index contributed by atoms with van der Waals surface area (Å²) >= 11 is 0. The summed E-state index contributed by atoms with van der Waals surface area (Å²) in [5.41, 5.74) is 3.65. The smallest absolute Gasteiger partial charge is 0.339 e. The van der Waals surface area contributed by atoms with Crippen LogP contribution < -0.4 is 5.73 Å². The van der Waals surface area contributed by atoms with Gasteiger partial charge in [-0.15, -0.1) is 0 Å². The number of aliphatic carboxylic acids is 1. The van der Waals surface area contributed by atoms with Gasteiger partial charge in [0.25, 0.3) is 0 Å². The highest BCUT2D eigenvalue weighted by Crippen LogP contribution is 2.43. The summed E-state index contributed by atoms with van der Waals surface area (Å²) in [6.07, 6.45) is 1.91. The van der Waals surface area contributed by atoms with Crippen molar-refractivity contribution >= 4 is 13.6 Å². The number of hydrogen-bond acceptors (Lipinski definition) is 3. The molecule has 0 radical (unpaired) electrons. The predicted molar refractivity (Wildman–Crippen MR) is 51.0 cm³/mol. The lowest BCUT2D eigenvalue weighted by atomic mass is 10.1. The summed E-state index contributed by atoms with van der Waals surface area (Å²) in [6, 6.07) is 0. The Morgan fingerprint density at radius 1 is 1.29 bits per heavy atom. The van der Waals surface area contributed by atoms with Crippen LogP contribution in [0.2, 0.25) is 0 Å². The highest BCUT2D eigenvalue weighted by molar-refractivity contribution is 7.53. The number of carboxylic acids is 1. The lowest BCUT2D eigenvalue weighted by Gasteiger charge is -2.13. The molecule has 0 aliphatic carbocycles. The van der Waals surface area contributed by atoms with Gasteiger partial charge >= 0.3 is 13.6 Å². The third-order valence-corrected chi connectivity index (χ3v) is 3.16. The van der Waals surface area contributed by atoms with Crippen molar-refractivity contribution in [2.75, 3.05) is 6.54 Å². The van der Waals surface area contributed by atoms with E-state index in [-0.39, 0.29) is 6.42 Å². The van der Waals surface area contributed by atoms with E-state index in [1.807, 2.05) is 0 Å². The molecule has 0 aromatic rings. The van der Waals surface area contributed by atoms with Gasteiger partial charge in [0.2, 0.25) is 0 Å². The van der Waals surface area contributed by atoms with Gasteiger partial charge in [0.1, 0.15) is 0 Å². The molecule has 0 amide bonds. The molecule has 0 saturated heterocycles. The number of unbranched alkanes of at least 4 members (excludes halogenated alkanes) is 2. The Bertz CT molecular complexity index is 226. The van der Waals surface area contributed by atoms with Crippen molar-refractivity contribution in [3.63, 3.8) is 0 Å². The van der Waals surface area contributed by atoms with Gasteiger partial charge in [0.05, 0.1) is 0 Å². The average Bonchev–Trinajstić information content (AvgIpc) is 2.01. The zero-order valence-corrected chi connectivity index (χ0v) is 8.69. The molecule has 0 aromatic carbocycles. The Kier molecular flexibility index (Phi) is 5.95.